The number of fused-ring (bicyclic) bond motifs is 1. The van der Waals surface area contributed by atoms with Gasteiger partial charge in [0, 0.05) is 30.7 Å². The molecule has 304 valence electrons. The van der Waals surface area contributed by atoms with Crippen LogP contribution in [0, 0.1) is 5.41 Å². The van der Waals surface area contributed by atoms with E-state index in [1.807, 2.05) is 0 Å². The molecule has 32 heteroatoms. The topological polar surface area (TPSA) is 410 Å². The number of phosphoric ester groups is 3. The summed E-state index contributed by atoms with van der Waals surface area (Å²) in [5.74, 6) is -1.67. The number of carbonyl (C=O) groups is 3. The molecule has 10 N–H and O–H groups in total. The van der Waals surface area contributed by atoms with E-state index >= 15 is 0 Å². The van der Waals surface area contributed by atoms with Crippen molar-refractivity contribution in [3.05, 3.63) is 12.7 Å². The predicted octanol–water partition coefficient (Wildman–Crippen LogP) is -1.68. The number of rotatable bonds is 19. The number of aliphatic hydroxyl groups excluding tert-OH is 2. The number of thioether (sulfide) groups is 1. The Morgan fingerprint density at radius 1 is 1.09 bits per heavy atom. The van der Waals surface area contributed by atoms with Crippen molar-refractivity contribution in [2.75, 3.05) is 37.8 Å². The lowest BCUT2D eigenvalue weighted by Crippen LogP contribution is -2.46. The lowest BCUT2D eigenvalue weighted by molar-refractivity contribution is -0.137. The minimum atomic E-state index is -5.59. The molecule has 3 rings (SSSR count). The number of imidazole rings is 1. The Bertz CT molecular complexity index is 1970. The highest BCUT2D eigenvalue weighted by Gasteiger charge is 2.50. The number of nitrogens with two attached hydrogens (primary N) is 1. The third-order valence-corrected chi connectivity index (χ3v) is 11.2. The molecule has 2 aromatic rings. The summed E-state index contributed by atoms with van der Waals surface area (Å²) < 4.78 is 85.1. The van der Waals surface area contributed by atoms with Crippen LogP contribution in [0.1, 0.15) is 26.5 Å². The second-order valence-electron chi connectivity index (χ2n) is 11.5. The second-order valence-corrected chi connectivity index (χ2v) is 17.4. The second kappa shape index (κ2) is 18.9. The van der Waals surface area contributed by atoms with Crippen LogP contribution in [-0.2, 0) is 56.4 Å². The van der Waals surface area contributed by atoms with Crippen LogP contribution in [0.3, 0.4) is 0 Å². The van der Waals surface area contributed by atoms with Gasteiger partial charge in [-0.2, -0.15) is 12.7 Å². The number of anilines is 1. The van der Waals surface area contributed by atoms with E-state index in [0.29, 0.717) is 11.8 Å². The van der Waals surface area contributed by atoms with Gasteiger partial charge in [-0.25, -0.2) is 28.6 Å². The summed E-state index contributed by atoms with van der Waals surface area (Å²) in [5.41, 5.74) is 4.17. The summed E-state index contributed by atoms with van der Waals surface area (Å²) in [6.45, 7) is 0.00794. The van der Waals surface area contributed by atoms with Crippen molar-refractivity contribution in [3.8, 4) is 0 Å². The van der Waals surface area contributed by atoms with Crippen LogP contribution in [0.15, 0.2) is 17.0 Å². The quantitative estimate of drug-likeness (QED) is 0.0562. The van der Waals surface area contributed by atoms with E-state index in [9.17, 15) is 66.3 Å². The molecule has 27 nitrogen and oxygen atoms in total. The number of aromatic nitrogens is 4. The van der Waals surface area contributed by atoms with Crippen molar-refractivity contribution >= 4 is 79.8 Å². The van der Waals surface area contributed by atoms with Gasteiger partial charge in [0.2, 0.25) is 11.8 Å². The van der Waals surface area contributed by atoms with Crippen LogP contribution in [0.5, 0.6) is 0 Å². The summed E-state index contributed by atoms with van der Waals surface area (Å²) in [5, 5.41) is 25.0. The van der Waals surface area contributed by atoms with E-state index < -0.39 is 100 Å². The fourth-order valence-electron chi connectivity index (χ4n) is 4.36. The van der Waals surface area contributed by atoms with E-state index in [0.717, 1.165) is 17.2 Å². The maximum atomic E-state index is 12.6. The molecule has 0 bridgehead atoms. The molecule has 7 atom stereocenters. The molecule has 1 aliphatic heterocycles. The smallest absolute Gasteiger partial charge is 0.386 e. The molecule has 54 heavy (non-hydrogen) atoms. The Morgan fingerprint density at radius 3 is 2.41 bits per heavy atom. The highest BCUT2D eigenvalue weighted by atomic mass is 32.2. The molecular formula is C22H35N8O19P3S2. The molecule has 3 heterocycles. The Labute approximate surface area is 309 Å². The summed E-state index contributed by atoms with van der Waals surface area (Å²) in [6.07, 6.45) is -7.18. The Kier molecular flexibility index (Phi) is 15.9. The maximum Gasteiger partial charge on any atom is 0.481 e. The average Bonchev–Trinajstić information content (AvgIpc) is 3.60. The molecule has 1 fully saturated rings. The number of carbonyl (C=O) groups excluding carboxylic acids is 3. The molecule has 0 spiro atoms. The lowest BCUT2D eigenvalue weighted by atomic mass is 9.87. The SMILES string of the molecule is CC(C)(COP(=O)(O)OP(=O)(O)OC[C@H]1O[C@@H](n2cnc3c(N)ncnc32)[C@H](O)[C@@H]1OP(=O)(O)O)[C@@H](O)C(=O)NCCC(=O)NCCSC(=O)N=S(=O)=O. The van der Waals surface area contributed by atoms with Gasteiger partial charge in [0.15, 0.2) is 17.7 Å². The minimum Gasteiger partial charge on any atom is -0.386 e. The van der Waals surface area contributed by atoms with Gasteiger partial charge in [-0.1, -0.05) is 30.0 Å². The molecular weight excluding hydrogens is 837 g/mol. The third kappa shape index (κ3) is 13.7. The summed E-state index contributed by atoms with van der Waals surface area (Å²) in [4.78, 5) is 86.3. The fourth-order valence-corrected chi connectivity index (χ4v) is 8.08. The number of amides is 3. The number of nitrogen functional groups attached to an aromatic ring is 1. The average molecular weight is 873 g/mol. The standard InChI is InChI=1S/C22H35N8O19P3S2/c1-22(2,16(33)19(34)25-4-3-12(31)24-5-6-53-21(35)29-54(43)44)8-46-52(41,42)49-51(39,40)45-7-11-15(48-50(36,37)38)14(32)20(47-11)30-10-28-13-17(23)26-9-27-18(13)30/h9-11,14-16,20,32-33H,3-8H2,1-2H3,(H,24,31)(H,25,34)(H,39,40)(H,41,42)(H2,23,26,27)(H2,36,37,38)/t11-,14-,15-,16+,20-/m1/s1. The van der Waals surface area contributed by atoms with Crippen LogP contribution < -0.4 is 16.4 Å². The Hall–Kier alpha value is -2.82. The van der Waals surface area contributed by atoms with Gasteiger partial charge < -0.3 is 50.9 Å². The first kappa shape index (κ1) is 45.6. The van der Waals surface area contributed by atoms with Gasteiger partial charge in [-0.15, -0.1) is 0 Å². The normalized spacial score (nSPS) is 21.9. The number of ether oxygens (including phenoxy) is 1. The highest BCUT2D eigenvalue weighted by molar-refractivity contribution is 8.13. The number of aliphatic hydroxyl groups is 2. The number of nitrogens with zero attached hydrogens (tertiary/aromatic N) is 5. The lowest BCUT2D eigenvalue weighted by Gasteiger charge is -2.30. The first-order valence-electron chi connectivity index (χ1n) is 14.8. The van der Waals surface area contributed by atoms with Crippen LogP contribution in [0.25, 0.3) is 11.2 Å². The minimum absolute atomic E-state index is 0.00689. The van der Waals surface area contributed by atoms with E-state index in [4.69, 9.17) is 19.5 Å². The van der Waals surface area contributed by atoms with Gasteiger partial charge >= 0.3 is 39.2 Å². The van der Waals surface area contributed by atoms with Crippen LogP contribution >= 0.6 is 35.2 Å². The van der Waals surface area contributed by atoms with Crippen molar-refractivity contribution in [2.24, 2.45) is 9.78 Å². The molecule has 2 aromatic heterocycles. The van der Waals surface area contributed by atoms with Crippen molar-refractivity contribution in [1.82, 2.24) is 30.2 Å². The zero-order chi connectivity index (χ0) is 40.6. The van der Waals surface area contributed by atoms with Crippen molar-refractivity contribution in [2.45, 2.75) is 50.9 Å². The van der Waals surface area contributed by atoms with Gasteiger partial charge in [0.1, 0.15) is 36.3 Å². The molecule has 3 amide bonds. The van der Waals surface area contributed by atoms with Gasteiger partial charge in [-0.3, -0.25) is 32.5 Å². The summed E-state index contributed by atoms with van der Waals surface area (Å²) in [6, 6.07) is 0. The van der Waals surface area contributed by atoms with E-state index in [2.05, 4.69) is 38.8 Å². The molecule has 0 saturated carbocycles. The van der Waals surface area contributed by atoms with Gasteiger partial charge in [0.25, 0.3) is 0 Å². The first-order valence-corrected chi connectivity index (χ1v) is 21.3. The number of nitrogens with one attached hydrogen (secondary N) is 2. The molecule has 0 aromatic carbocycles. The molecule has 1 aliphatic rings. The highest BCUT2D eigenvalue weighted by Crippen LogP contribution is 2.61. The number of hydrogen-bond acceptors (Lipinski definition) is 20. The third-order valence-electron chi connectivity index (χ3n) is 6.88. The van der Waals surface area contributed by atoms with E-state index in [1.54, 1.807) is 0 Å². The molecule has 1 saturated heterocycles. The fraction of sp³-hybridized carbons (Fsp3) is 0.636. The van der Waals surface area contributed by atoms with E-state index in [1.165, 1.54) is 13.8 Å². The van der Waals surface area contributed by atoms with Crippen LogP contribution in [-0.4, -0.2) is 131 Å². The Balaban J connectivity index is 1.52. The van der Waals surface area contributed by atoms with Crippen molar-refractivity contribution in [3.63, 3.8) is 0 Å². The van der Waals surface area contributed by atoms with Gasteiger partial charge in [-0.05, 0) is 0 Å². The number of hydrogen-bond donors (Lipinski definition) is 9. The van der Waals surface area contributed by atoms with Gasteiger partial charge in [0.05, 0.1) is 19.5 Å². The van der Waals surface area contributed by atoms with E-state index in [-0.39, 0.29) is 42.2 Å². The molecule has 0 aliphatic carbocycles. The van der Waals surface area contributed by atoms with Crippen LogP contribution in [0.2, 0.25) is 0 Å². The monoisotopic (exact) mass is 872 g/mol. The summed E-state index contributed by atoms with van der Waals surface area (Å²) >= 11 is 0.539. The Morgan fingerprint density at radius 2 is 1.76 bits per heavy atom. The molecule has 2 unspecified atom stereocenters. The predicted molar refractivity (Wildman–Crippen MR) is 179 cm³/mol. The van der Waals surface area contributed by atoms with Crippen molar-refractivity contribution < 1.29 is 88.9 Å². The zero-order valence-electron chi connectivity index (χ0n) is 27.7. The summed E-state index contributed by atoms with van der Waals surface area (Å²) in [7, 11) is -19.4. The van der Waals surface area contributed by atoms with Crippen LogP contribution in [0.4, 0.5) is 10.6 Å². The maximum absolute atomic E-state index is 12.6. The van der Waals surface area contributed by atoms with Crippen molar-refractivity contribution in [1.29, 1.82) is 0 Å². The number of phosphoric acid groups is 3. The first-order chi connectivity index (χ1) is 24.9. The largest absolute Gasteiger partial charge is 0.481 e. The molecule has 0 radical (unpaired) electrons. The zero-order valence-corrected chi connectivity index (χ0v) is 32.1.